The van der Waals surface area contributed by atoms with Crippen LogP contribution < -0.4 is 5.32 Å². The van der Waals surface area contributed by atoms with Crippen molar-refractivity contribution in [2.45, 2.75) is 18.7 Å². The molecule has 3 rings (SSSR count). The Hall–Kier alpha value is -2.16. The first-order valence-corrected chi connectivity index (χ1v) is 7.86. The van der Waals surface area contributed by atoms with Gasteiger partial charge in [0.25, 0.3) is 0 Å². The van der Waals surface area contributed by atoms with Crippen LogP contribution in [0.15, 0.2) is 43.5 Å². The van der Waals surface area contributed by atoms with E-state index in [1.165, 1.54) is 12.7 Å². The molecule has 0 amide bonds. The molecule has 0 aliphatic heterocycles. The topological polar surface area (TPSA) is 93.7 Å². The van der Waals surface area contributed by atoms with Crippen molar-refractivity contribution >= 4 is 28.9 Å². The Balaban J connectivity index is 1.76. The summed E-state index contributed by atoms with van der Waals surface area (Å²) in [6, 6.07) is 5.12. The normalized spacial score (nSPS) is 11.6. The van der Waals surface area contributed by atoms with Crippen LogP contribution in [0, 0.1) is 0 Å². The summed E-state index contributed by atoms with van der Waals surface area (Å²) in [5.41, 5.74) is -0.513. The number of anilines is 1. The maximum Gasteiger partial charge on any atom is 0.137 e. The van der Waals surface area contributed by atoms with Crippen LogP contribution in [0.5, 0.6) is 0 Å². The molecule has 0 unspecified atom stereocenters. The lowest BCUT2D eigenvalue weighted by Gasteiger charge is -2.28. The van der Waals surface area contributed by atoms with Gasteiger partial charge in [-0.05, 0) is 18.2 Å². The summed E-state index contributed by atoms with van der Waals surface area (Å²) in [6.45, 7) is 0.671. The zero-order valence-corrected chi connectivity index (χ0v) is 14.1. The Labute approximate surface area is 148 Å². The fourth-order valence-corrected chi connectivity index (χ4v) is 2.76. The Morgan fingerprint density at radius 2 is 1.67 bits per heavy atom. The first kappa shape index (κ1) is 16.7. The number of nitrogens with zero attached hydrogens (tertiary/aromatic N) is 6. The van der Waals surface area contributed by atoms with Crippen LogP contribution in [0.3, 0.4) is 0 Å². The average molecular weight is 368 g/mol. The molecule has 0 aliphatic rings. The van der Waals surface area contributed by atoms with E-state index in [2.05, 4.69) is 25.5 Å². The first-order valence-electron chi connectivity index (χ1n) is 7.10. The Bertz CT molecular complexity index is 740. The van der Waals surface area contributed by atoms with E-state index in [4.69, 9.17) is 23.2 Å². The second-order valence-electron chi connectivity index (χ2n) is 5.39. The van der Waals surface area contributed by atoms with Gasteiger partial charge >= 0.3 is 0 Å². The molecule has 2 heterocycles. The van der Waals surface area contributed by atoms with Crippen molar-refractivity contribution < 1.29 is 5.11 Å². The summed E-state index contributed by atoms with van der Waals surface area (Å²) >= 11 is 12.1. The number of rotatable bonds is 7. The minimum atomic E-state index is -1.19. The number of nitrogens with one attached hydrogen (secondary N) is 1. The third-order valence-electron chi connectivity index (χ3n) is 3.38. The molecule has 0 aliphatic carbocycles. The second-order valence-corrected chi connectivity index (χ2v) is 6.23. The van der Waals surface area contributed by atoms with Gasteiger partial charge in [-0.25, -0.2) is 19.3 Å². The number of hydrogen-bond donors (Lipinski definition) is 2. The SMILES string of the molecule is OC(CNc1ccc(Cl)cc1Cl)(Cn1cncn1)Cn1cncn1. The highest BCUT2D eigenvalue weighted by Gasteiger charge is 2.29. The van der Waals surface area contributed by atoms with Crippen molar-refractivity contribution in [3.05, 3.63) is 53.6 Å². The fraction of sp³-hybridized carbons (Fsp3) is 0.286. The van der Waals surface area contributed by atoms with Crippen LogP contribution in [0.2, 0.25) is 10.0 Å². The van der Waals surface area contributed by atoms with Crippen LogP contribution in [0.25, 0.3) is 0 Å². The largest absolute Gasteiger partial charge is 0.384 e. The molecule has 2 aromatic heterocycles. The van der Waals surface area contributed by atoms with Crippen molar-refractivity contribution in [1.29, 1.82) is 0 Å². The summed E-state index contributed by atoms with van der Waals surface area (Å²) < 4.78 is 3.12. The molecule has 126 valence electrons. The smallest absolute Gasteiger partial charge is 0.137 e. The summed E-state index contributed by atoms with van der Waals surface area (Å²) in [4.78, 5) is 7.79. The number of aromatic nitrogens is 6. The van der Waals surface area contributed by atoms with E-state index in [0.717, 1.165) is 0 Å². The summed E-state index contributed by atoms with van der Waals surface area (Å²) in [7, 11) is 0. The average Bonchev–Trinajstić information content (AvgIpc) is 3.20. The zero-order chi connectivity index (χ0) is 17.0. The number of hydrogen-bond acceptors (Lipinski definition) is 6. The molecule has 0 fully saturated rings. The van der Waals surface area contributed by atoms with Gasteiger partial charge in [-0.15, -0.1) is 0 Å². The minimum Gasteiger partial charge on any atom is -0.384 e. The summed E-state index contributed by atoms with van der Waals surface area (Å²) in [6.07, 6.45) is 5.92. The standard InChI is InChI=1S/C14H15Cl2N7O/c15-11-1-2-13(12(16)3-11)19-4-14(24,5-22-9-17-7-20-22)6-23-10-18-8-21-23/h1-3,7-10,19,24H,4-6H2. The molecule has 0 spiro atoms. The fourth-order valence-electron chi connectivity index (χ4n) is 2.29. The van der Waals surface area contributed by atoms with Gasteiger partial charge in [-0.1, -0.05) is 23.2 Å². The highest BCUT2D eigenvalue weighted by molar-refractivity contribution is 6.36. The van der Waals surface area contributed by atoms with E-state index in [-0.39, 0.29) is 19.6 Å². The van der Waals surface area contributed by atoms with E-state index >= 15 is 0 Å². The molecule has 0 saturated carbocycles. The van der Waals surface area contributed by atoms with E-state index in [0.29, 0.717) is 15.7 Å². The van der Waals surface area contributed by atoms with Crippen LogP contribution in [0.4, 0.5) is 5.69 Å². The van der Waals surface area contributed by atoms with Gasteiger partial charge in [-0.2, -0.15) is 10.2 Å². The van der Waals surface area contributed by atoms with Crippen LogP contribution in [0.1, 0.15) is 0 Å². The van der Waals surface area contributed by atoms with Crippen molar-refractivity contribution in [3.63, 3.8) is 0 Å². The maximum absolute atomic E-state index is 11.1. The van der Waals surface area contributed by atoms with Crippen LogP contribution in [-0.2, 0) is 13.1 Å². The molecule has 1 aromatic carbocycles. The Morgan fingerprint density at radius 1 is 1.04 bits per heavy atom. The van der Waals surface area contributed by atoms with E-state index in [9.17, 15) is 5.11 Å². The quantitative estimate of drug-likeness (QED) is 0.660. The van der Waals surface area contributed by atoms with E-state index in [1.807, 2.05) is 0 Å². The molecule has 8 nitrogen and oxygen atoms in total. The van der Waals surface area contributed by atoms with E-state index in [1.54, 1.807) is 40.2 Å². The predicted octanol–water partition coefficient (Wildman–Crippen LogP) is 1.72. The Morgan fingerprint density at radius 3 is 2.17 bits per heavy atom. The monoisotopic (exact) mass is 367 g/mol. The van der Waals surface area contributed by atoms with Crippen molar-refractivity contribution in [3.8, 4) is 0 Å². The highest BCUT2D eigenvalue weighted by Crippen LogP contribution is 2.26. The van der Waals surface area contributed by atoms with Crippen molar-refractivity contribution in [1.82, 2.24) is 29.5 Å². The number of aliphatic hydroxyl groups is 1. The molecule has 24 heavy (non-hydrogen) atoms. The number of benzene rings is 1. The predicted molar refractivity (Wildman–Crippen MR) is 89.9 cm³/mol. The summed E-state index contributed by atoms with van der Waals surface area (Å²) in [5.74, 6) is 0. The highest BCUT2D eigenvalue weighted by atomic mass is 35.5. The molecular weight excluding hydrogens is 353 g/mol. The van der Waals surface area contributed by atoms with Gasteiger partial charge in [0.05, 0.1) is 23.8 Å². The van der Waals surface area contributed by atoms with Crippen LogP contribution in [-0.4, -0.2) is 46.8 Å². The van der Waals surface area contributed by atoms with Gasteiger partial charge in [0.2, 0.25) is 0 Å². The van der Waals surface area contributed by atoms with Gasteiger partial charge in [-0.3, -0.25) is 0 Å². The Kier molecular flexibility index (Phi) is 4.98. The molecule has 0 radical (unpaired) electrons. The molecular formula is C14H15Cl2N7O. The molecule has 0 atom stereocenters. The van der Waals surface area contributed by atoms with Gasteiger partial charge in [0, 0.05) is 11.6 Å². The lowest BCUT2D eigenvalue weighted by atomic mass is 10.0. The van der Waals surface area contributed by atoms with Crippen molar-refractivity contribution in [2.75, 3.05) is 11.9 Å². The van der Waals surface area contributed by atoms with Crippen LogP contribution >= 0.6 is 23.2 Å². The number of halogens is 2. The molecule has 3 aromatic rings. The molecule has 0 bridgehead atoms. The molecule has 10 heteroatoms. The first-order chi connectivity index (χ1) is 11.5. The van der Waals surface area contributed by atoms with E-state index < -0.39 is 5.60 Å². The molecule has 0 saturated heterocycles. The van der Waals surface area contributed by atoms with Gasteiger partial charge in [0.1, 0.15) is 30.9 Å². The van der Waals surface area contributed by atoms with Gasteiger partial charge < -0.3 is 10.4 Å². The summed E-state index contributed by atoms with van der Waals surface area (Å²) in [5, 5.41) is 23.3. The lowest BCUT2D eigenvalue weighted by Crippen LogP contribution is -2.45. The minimum absolute atomic E-state index is 0.216. The van der Waals surface area contributed by atoms with Crippen molar-refractivity contribution in [2.24, 2.45) is 0 Å². The molecule has 2 N–H and O–H groups in total. The third kappa shape index (κ3) is 4.22. The zero-order valence-electron chi connectivity index (χ0n) is 12.5. The third-order valence-corrected chi connectivity index (χ3v) is 3.93. The lowest BCUT2D eigenvalue weighted by molar-refractivity contribution is 0.0121. The van der Waals surface area contributed by atoms with Gasteiger partial charge in [0.15, 0.2) is 0 Å². The second kappa shape index (κ2) is 7.16. The maximum atomic E-state index is 11.1.